The number of aromatic nitrogens is 1. The molecule has 8 heteroatoms. The largest absolute Gasteiger partial charge is 0.344 e. The van der Waals surface area contributed by atoms with Crippen molar-refractivity contribution in [2.75, 3.05) is 5.32 Å². The molecule has 0 fully saturated rings. The van der Waals surface area contributed by atoms with Gasteiger partial charge < -0.3 is 10.6 Å². The Morgan fingerprint density at radius 1 is 1.14 bits per heavy atom. The summed E-state index contributed by atoms with van der Waals surface area (Å²) < 4.78 is 0. The van der Waals surface area contributed by atoms with Gasteiger partial charge in [0.05, 0.1) is 12.0 Å². The van der Waals surface area contributed by atoms with Crippen LogP contribution in [-0.2, 0) is 14.4 Å². The van der Waals surface area contributed by atoms with E-state index in [1.807, 2.05) is 41.5 Å². The summed E-state index contributed by atoms with van der Waals surface area (Å²) in [4.78, 5) is 41.3. The van der Waals surface area contributed by atoms with Crippen LogP contribution >= 0.6 is 0 Å². The summed E-state index contributed by atoms with van der Waals surface area (Å²) in [7, 11) is 0. The predicted octanol–water partition coefficient (Wildman–Crippen LogP) is 2.70. The molecule has 0 spiro atoms. The smallest absolute Gasteiger partial charge is 0.248 e. The molecule has 1 aromatic heterocycles. The number of hydrogen-bond donors (Lipinski definition) is 3. The number of anilines is 1. The minimum Gasteiger partial charge on any atom is -0.344 e. The molecular formula is C21H34N4O4. The van der Waals surface area contributed by atoms with Gasteiger partial charge in [0.1, 0.15) is 11.9 Å². The zero-order valence-electron chi connectivity index (χ0n) is 18.1. The predicted molar refractivity (Wildman–Crippen MR) is 111 cm³/mol. The van der Waals surface area contributed by atoms with Gasteiger partial charge in [0.2, 0.25) is 18.2 Å². The van der Waals surface area contributed by atoms with Crippen molar-refractivity contribution in [3.63, 3.8) is 0 Å². The fourth-order valence-electron chi connectivity index (χ4n) is 3.40. The van der Waals surface area contributed by atoms with Crippen LogP contribution < -0.4 is 10.6 Å². The molecule has 3 N–H and O–H groups in total. The highest BCUT2D eigenvalue weighted by Crippen LogP contribution is 2.26. The van der Waals surface area contributed by atoms with Crippen LogP contribution in [0.2, 0.25) is 0 Å². The number of carbonyl (C=O) groups is 3. The van der Waals surface area contributed by atoms with Crippen LogP contribution in [0.4, 0.5) is 5.82 Å². The average Bonchev–Trinajstić information content (AvgIpc) is 2.68. The Labute approximate surface area is 173 Å². The van der Waals surface area contributed by atoms with Gasteiger partial charge in [-0.25, -0.2) is 10.0 Å². The zero-order chi connectivity index (χ0) is 22.1. The fourth-order valence-corrected chi connectivity index (χ4v) is 3.40. The molecule has 162 valence electrons. The molecule has 0 radical (unpaired) electrons. The van der Waals surface area contributed by atoms with Crippen molar-refractivity contribution >= 4 is 24.0 Å². The molecule has 1 heterocycles. The highest BCUT2D eigenvalue weighted by Gasteiger charge is 2.39. The molecule has 0 bridgehead atoms. The van der Waals surface area contributed by atoms with Gasteiger partial charge in [-0.05, 0) is 29.9 Å². The topological polar surface area (TPSA) is 112 Å². The molecule has 1 aromatic rings. The molecule has 3 amide bonds. The van der Waals surface area contributed by atoms with E-state index < -0.39 is 18.0 Å². The van der Waals surface area contributed by atoms with Crippen molar-refractivity contribution in [3.05, 3.63) is 24.4 Å². The second-order valence-electron chi connectivity index (χ2n) is 8.07. The lowest BCUT2D eigenvalue weighted by molar-refractivity contribution is -0.175. The Morgan fingerprint density at radius 2 is 1.79 bits per heavy atom. The Hall–Kier alpha value is -2.48. The molecule has 0 aliphatic carbocycles. The Morgan fingerprint density at radius 3 is 2.24 bits per heavy atom. The van der Waals surface area contributed by atoms with Crippen molar-refractivity contribution in [1.82, 2.24) is 15.4 Å². The molecular weight excluding hydrogens is 372 g/mol. The first-order chi connectivity index (χ1) is 13.6. The van der Waals surface area contributed by atoms with Crippen LogP contribution in [0, 0.1) is 23.7 Å². The molecule has 0 aliphatic rings. The third kappa shape index (κ3) is 6.81. The molecule has 8 nitrogen and oxygen atoms in total. The van der Waals surface area contributed by atoms with E-state index in [9.17, 15) is 19.6 Å². The molecule has 0 unspecified atom stereocenters. The first-order valence-electron chi connectivity index (χ1n) is 10.1. The number of hydrogen-bond acceptors (Lipinski definition) is 5. The summed E-state index contributed by atoms with van der Waals surface area (Å²) in [5, 5.41) is 16.2. The maximum atomic E-state index is 13.2. The lowest BCUT2D eigenvalue weighted by atomic mass is 9.81. The van der Waals surface area contributed by atoms with Gasteiger partial charge in [-0.15, -0.1) is 0 Å². The Bertz CT molecular complexity index is 666. The van der Waals surface area contributed by atoms with Crippen LogP contribution in [0.25, 0.3) is 0 Å². The normalized spacial score (nSPS) is 15.3. The molecule has 1 rings (SSSR count). The summed E-state index contributed by atoms with van der Waals surface area (Å²) in [6.45, 7) is 11.2. The van der Waals surface area contributed by atoms with Gasteiger partial charge in [0.25, 0.3) is 0 Å². The summed E-state index contributed by atoms with van der Waals surface area (Å²) >= 11 is 0. The van der Waals surface area contributed by atoms with Gasteiger partial charge in [-0.1, -0.05) is 54.0 Å². The lowest BCUT2D eigenvalue weighted by Crippen LogP contribution is -2.55. The minimum atomic E-state index is -0.771. The van der Waals surface area contributed by atoms with E-state index in [1.54, 1.807) is 24.4 Å². The quantitative estimate of drug-likeness (QED) is 0.297. The van der Waals surface area contributed by atoms with Crippen LogP contribution in [0.1, 0.15) is 48.0 Å². The maximum absolute atomic E-state index is 13.2. The number of pyridine rings is 1. The first-order valence-corrected chi connectivity index (χ1v) is 10.1. The monoisotopic (exact) mass is 406 g/mol. The lowest BCUT2D eigenvalue weighted by Gasteiger charge is -2.36. The van der Waals surface area contributed by atoms with Crippen molar-refractivity contribution in [2.24, 2.45) is 23.7 Å². The number of nitrogens with one attached hydrogen (secondary N) is 2. The summed E-state index contributed by atoms with van der Waals surface area (Å²) in [6.07, 6.45) is 2.57. The summed E-state index contributed by atoms with van der Waals surface area (Å²) in [5.41, 5.74) is 0. The van der Waals surface area contributed by atoms with E-state index >= 15 is 0 Å². The number of hydroxylamine groups is 2. The van der Waals surface area contributed by atoms with Gasteiger partial charge in [0, 0.05) is 6.20 Å². The second kappa shape index (κ2) is 11.5. The van der Waals surface area contributed by atoms with Crippen molar-refractivity contribution in [3.8, 4) is 0 Å². The molecule has 29 heavy (non-hydrogen) atoms. The van der Waals surface area contributed by atoms with Gasteiger partial charge >= 0.3 is 0 Å². The third-order valence-electron chi connectivity index (χ3n) is 5.19. The third-order valence-corrected chi connectivity index (χ3v) is 5.19. The highest BCUT2D eigenvalue weighted by atomic mass is 16.5. The van der Waals surface area contributed by atoms with E-state index in [-0.39, 0.29) is 29.6 Å². The van der Waals surface area contributed by atoms with E-state index in [2.05, 4.69) is 15.6 Å². The Balaban J connectivity index is 3.10. The number of nitrogens with zero attached hydrogens (tertiary/aromatic N) is 2. The van der Waals surface area contributed by atoms with E-state index in [0.717, 1.165) is 0 Å². The number of amides is 3. The van der Waals surface area contributed by atoms with Crippen LogP contribution in [0.3, 0.4) is 0 Å². The van der Waals surface area contributed by atoms with E-state index in [4.69, 9.17) is 0 Å². The molecule has 0 aliphatic heterocycles. The standard InChI is InChI=1S/C21H34N4O4/c1-7-15(6)18(21(28)23-16-10-8-9-11-22-16)24-20(27)17(13(2)3)19(14(4)5)25(29)12-26/h8-15,17-19,29H,7H2,1-6H3,(H,24,27)(H,22,23,28)/t15-,17+,18-,19-/m0/s1. The zero-order valence-corrected chi connectivity index (χ0v) is 18.1. The highest BCUT2D eigenvalue weighted by molar-refractivity contribution is 5.97. The van der Waals surface area contributed by atoms with Crippen molar-refractivity contribution < 1.29 is 19.6 Å². The van der Waals surface area contributed by atoms with E-state index in [0.29, 0.717) is 23.7 Å². The van der Waals surface area contributed by atoms with Crippen molar-refractivity contribution in [1.29, 1.82) is 0 Å². The van der Waals surface area contributed by atoms with Crippen LogP contribution in [0.15, 0.2) is 24.4 Å². The SMILES string of the molecule is CC[C@H](C)[C@H](NC(=O)[C@H](C(C)C)[C@H](C(C)C)N(O)C=O)C(=O)Nc1ccccn1. The van der Waals surface area contributed by atoms with Crippen LogP contribution in [-0.4, -0.2) is 45.6 Å². The van der Waals surface area contributed by atoms with Crippen molar-refractivity contribution in [2.45, 2.75) is 60.0 Å². The molecule has 0 saturated heterocycles. The molecule has 4 atom stereocenters. The minimum absolute atomic E-state index is 0.121. The summed E-state index contributed by atoms with van der Waals surface area (Å²) in [6, 6.07) is 3.70. The molecule has 0 saturated carbocycles. The summed E-state index contributed by atoms with van der Waals surface area (Å²) in [5.74, 6) is -1.44. The first kappa shape index (κ1) is 24.6. The average molecular weight is 407 g/mol. The van der Waals surface area contributed by atoms with Crippen LogP contribution in [0.5, 0.6) is 0 Å². The fraction of sp³-hybridized carbons (Fsp3) is 0.619. The second-order valence-corrected chi connectivity index (χ2v) is 8.07. The van der Waals surface area contributed by atoms with Gasteiger partial charge in [-0.2, -0.15) is 0 Å². The molecule has 0 aromatic carbocycles. The maximum Gasteiger partial charge on any atom is 0.248 e. The van der Waals surface area contributed by atoms with E-state index in [1.165, 1.54) is 0 Å². The Kier molecular flexibility index (Phi) is 9.74. The van der Waals surface area contributed by atoms with Gasteiger partial charge in [-0.3, -0.25) is 19.6 Å². The number of rotatable bonds is 11. The van der Waals surface area contributed by atoms with Gasteiger partial charge in [0.15, 0.2) is 0 Å². The number of carbonyl (C=O) groups excluding carboxylic acids is 3.